The molecule has 2 aromatic carbocycles. The van der Waals surface area contributed by atoms with Gasteiger partial charge in [0, 0.05) is 11.6 Å². The number of benzene rings is 2. The molecule has 4 heteroatoms. The van der Waals surface area contributed by atoms with Gasteiger partial charge >= 0.3 is 0 Å². The van der Waals surface area contributed by atoms with Crippen molar-refractivity contribution in [3.63, 3.8) is 0 Å². The third kappa shape index (κ3) is 3.33. The SMILES string of the molecule is Cc1cc(C(C)N)ccc1OCc1cc(F)ccc1F. The smallest absolute Gasteiger partial charge is 0.130 e. The number of ether oxygens (including phenoxy) is 1. The molecule has 0 saturated heterocycles. The van der Waals surface area contributed by atoms with Crippen molar-refractivity contribution >= 4 is 0 Å². The van der Waals surface area contributed by atoms with E-state index in [0.717, 1.165) is 29.3 Å². The first kappa shape index (κ1) is 14.5. The number of aryl methyl sites for hydroxylation is 1. The van der Waals surface area contributed by atoms with Crippen molar-refractivity contribution in [1.29, 1.82) is 0 Å². The Labute approximate surface area is 117 Å². The molecule has 0 amide bonds. The van der Waals surface area contributed by atoms with E-state index >= 15 is 0 Å². The molecular weight excluding hydrogens is 260 g/mol. The van der Waals surface area contributed by atoms with E-state index < -0.39 is 11.6 Å². The van der Waals surface area contributed by atoms with Crippen LogP contribution in [-0.4, -0.2) is 0 Å². The number of hydrogen-bond acceptors (Lipinski definition) is 2. The third-order valence-corrected chi connectivity index (χ3v) is 3.12. The minimum absolute atomic E-state index is 0.0119. The van der Waals surface area contributed by atoms with Gasteiger partial charge in [-0.15, -0.1) is 0 Å². The molecule has 20 heavy (non-hydrogen) atoms. The van der Waals surface area contributed by atoms with Crippen LogP contribution in [0.3, 0.4) is 0 Å². The van der Waals surface area contributed by atoms with Gasteiger partial charge in [-0.3, -0.25) is 0 Å². The largest absolute Gasteiger partial charge is 0.489 e. The van der Waals surface area contributed by atoms with Gasteiger partial charge < -0.3 is 10.5 Å². The standard InChI is InChI=1S/C16H17F2NO/c1-10-7-12(11(2)19)3-6-16(10)20-9-13-8-14(17)4-5-15(13)18/h3-8,11H,9,19H2,1-2H3. The topological polar surface area (TPSA) is 35.2 Å². The molecule has 0 saturated carbocycles. The van der Waals surface area contributed by atoms with Crippen molar-refractivity contribution in [2.24, 2.45) is 5.73 Å². The van der Waals surface area contributed by atoms with Gasteiger partial charge in [-0.2, -0.15) is 0 Å². The van der Waals surface area contributed by atoms with E-state index in [9.17, 15) is 8.78 Å². The Kier molecular flexibility index (Phi) is 4.35. The van der Waals surface area contributed by atoms with Crippen LogP contribution in [0.1, 0.15) is 29.7 Å². The monoisotopic (exact) mass is 277 g/mol. The van der Waals surface area contributed by atoms with E-state index in [2.05, 4.69) is 0 Å². The zero-order valence-corrected chi connectivity index (χ0v) is 11.5. The molecular formula is C16H17F2NO. The average molecular weight is 277 g/mol. The summed E-state index contributed by atoms with van der Waals surface area (Å²) in [5, 5.41) is 0. The molecule has 0 bridgehead atoms. The van der Waals surface area contributed by atoms with Crippen LogP contribution < -0.4 is 10.5 Å². The normalized spacial score (nSPS) is 12.2. The molecule has 0 aliphatic carbocycles. The maximum Gasteiger partial charge on any atom is 0.130 e. The highest BCUT2D eigenvalue weighted by Crippen LogP contribution is 2.23. The van der Waals surface area contributed by atoms with Gasteiger partial charge in [0.05, 0.1) is 0 Å². The summed E-state index contributed by atoms with van der Waals surface area (Å²) in [6.45, 7) is 3.78. The molecule has 0 radical (unpaired) electrons. The molecule has 106 valence electrons. The van der Waals surface area contributed by atoms with E-state index in [-0.39, 0.29) is 18.2 Å². The molecule has 2 nitrogen and oxygen atoms in total. The Balaban J connectivity index is 2.13. The lowest BCUT2D eigenvalue weighted by atomic mass is 10.1. The summed E-state index contributed by atoms with van der Waals surface area (Å²) < 4.78 is 32.1. The molecule has 0 spiro atoms. The lowest BCUT2D eigenvalue weighted by Gasteiger charge is -2.12. The summed E-state index contributed by atoms with van der Waals surface area (Å²) in [4.78, 5) is 0. The molecule has 1 atom stereocenters. The van der Waals surface area contributed by atoms with Crippen molar-refractivity contribution in [2.75, 3.05) is 0 Å². The van der Waals surface area contributed by atoms with Crippen LogP contribution in [0.2, 0.25) is 0 Å². The molecule has 0 aliphatic rings. The number of rotatable bonds is 4. The maximum atomic E-state index is 13.5. The molecule has 0 aromatic heterocycles. The summed E-state index contributed by atoms with van der Waals surface area (Å²) in [5.41, 5.74) is 7.92. The highest BCUT2D eigenvalue weighted by molar-refractivity contribution is 5.37. The van der Waals surface area contributed by atoms with Crippen LogP contribution in [0.15, 0.2) is 36.4 Å². The van der Waals surface area contributed by atoms with Crippen LogP contribution in [0.5, 0.6) is 5.75 Å². The summed E-state index contributed by atoms with van der Waals surface area (Å²) in [7, 11) is 0. The second kappa shape index (κ2) is 6.01. The predicted octanol–water partition coefficient (Wildman–Crippen LogP) is 3.87. The van der Waals surface area contributed by atoms with E-state index in [1.807, 2.05) is 26.0 Å². The van der Waals surface area contributed by atoms with Crippen molar-refractivity contribution in [3.8, 4) is 5.75 Å². The number of hydrogen-bond donors (Lipinski definition) is 1. The minimum Gasteiger partial charge on any atom is -0.489 e. The van der Waals surface area contributed by atoms with Gasteiger partial charge in [0.2, 0.25) is 0 Å². The Morgan fingerprint density at radius 1 is 1.15 bits per heavy atom. The van der Waals surface area contributed by atoms with Gasteiger partial charge in [0.15, 0.2) is 0 Å². The summed E-state index contributed by atoms with van der Waals surface area (Å²) in [5.74, 6) is -0.316. The van der Waals surface area contributed by atoms with Crippen molar-refractivity contribution in [3.05, 3.63) is 64.7 Å². The lowest BCUT2D eigenvalue weighted by molar-refractivity contribution is 0.297. The zero-order chi connectivity index (χ0) is 14.7. The van der Waals surface area contributed by atoms with E-state index in [1.54, 1.807) is 6.07 Å². The van der Waals surface area contributed by atoms with E-state index in [4.69, 9.17) is 10.5 Å². The van der Waals surface area contributed by atoms with Crippen molar-refractivity contribution in [2.45, 2.75) is 26.5 Å². The molecule has 0 fully saturated rings. The summed E-state index contributed by atoms with van der Waals surface area (Å²) in [6.07, 6.45) is 0. The average Bonchev–Trinajstić information content (AvgIpc) is 2.40. The Morgan fingerprint density at radius 3 is 2.55 bits per heavy atom. The fourth-order valence-corrected chi connectivity index (χ4v) is 1.93. The summed E-state index contributed by atoms with van der Waals surface area (Å²) in [6, 6.07) is 8.87. The predicted molar refractivity (Wildman–Crippen MR) is 74.5 cm³/mol. The van der Waals surface area contributed by atoms with E-state index in [1.165, 1.54) is 0 Å². The molecule has 2 N–H and O–H groups in total. The molecule has 0 aliphatic heterocycles. The molecule has 2 aromatic rings. The molecule has 1 unspecified atom stereocenters. The Bertz CT molecular complexity index is 611. The Morgan fingerprint density at radius 2 is 1.90 bits per heavy atom. The fraction of sp³-hybridized carbons (Fsp3) is 0.250. The van der Waals surface area contributed by atoms with Gasteiger partial charge in [-0.05, 0) is 49.2 Å². The van der Waals surface area contributed by atoms with Crippen LogP contribution in [0.25, 0.3) is 0 Å². The molecule has 2 rings (SSSR count). The number of nitrogens with two attached hydrogens (primary N) is 1. The fourth-order valence-electron chi connectivity index (χ4n) is 1.93. The van der Waals surface area contributed by atoms with Gasteiger partial charge in [0.1, 0.15) is 24.0 Å². The highest BCUT2D eigenvalue weighted by Gasteiger charge is 2.07. The second-order valence-corrected chi connectivity index (χ2v) is 4.84. The Hall–Kier alpha value is -1.94. The maximum absolute atomic E-state index is 13.5. The third-order valence-electron chi connectivity index (χ3n) is 3.12. The quantitative estimate of drug-likeness (QED) is 0.920. The van der Waals surface area contributed by atoms with Crippen LogP contribution in [-0.2, 0) is 6.61 Å². The molecule has 0 heterocycles. The number of halogens is 2. The van der Waals surface area contributed by atoms with Crippen LogP contribution in [0.4, 0.5) is 8.78 Å². The highest BCUT2D eigenvalue weighted by atomic mass is 19.1. The van der Waals surface area contributed by atoms with Crippen molar-refractivity contribution < 1.29 is 13.5 Å². The first-order chi connectivity index (χ1) is 9.47. The lowest BCUT2D eigenvalue weighted by Crippen LogP contribution is -2.06. The van der Waals surface area contributed by atoms with Crippen molar-refractivity contribution in [1.82, 2.24) is 0 Å². The van der Waals surface area contributed by atoms with Crippen LogP contribution in [0, 0.1) is 18.6 Å². The first-order valence-corrected chi connectivity index (χ1v) is 6.40. The zero-order valence-electron chi connectivity index (χ0n) is 11.5. The van der Waals surface area contributed by atoms with Gasteiger partial charge in [-0.25, -0.2) is 8.78 Å². The summed E-state index contributed by atoms with van der Waals surface area (Å²) >= 11 is 0. The van der Waals surface area contributed by atoms with Gasteiger partial charge in [0.25, 0.3) is 0 Å². The first-order valence-electron chi connectivity index (χ1n) is 6.40. The van der Waals surface area contributed by atoms with E-state index in [0.29, 0.717) is 5.75 Å². The van der Waals surface area contributed by atoms with Crippen LogP contribution >= 0.6 is 0 Å². The van der Waals surface area contributed by atoms with Gasteiger partial charge in [-0.1, -0.05) is 12.1 Å². The second-order valence-electron chi connectivity index (χ2n) is 4.84. The minimum atomic E-state index is -0.478.